The Kier molecular flexibility index (Phi) is 3.29. The molecule has 68 valence electrons. The minimum Gasteiger partial charge on any atom is -0.339 e. The lowest BCUT2D eigenvalue weighted by atomic mass is 10.2. The van der Waals surface area contributed by atoms with Crippen LogP contribution in [0.25, 0.3) is 0 Å². The van der Waals surface area contributed by atoms with E-state index in [9.17, 15) is 4.79 Å². The Balaban J connectivity index is 2.36. The Labute approximate surface area is 73.2 Å². The molecule has 1 aliphatic rings. The van der Waals surface area contributed by atoms with Gasteiger partial charge in [-0.15, -0.1) is 0 Å². The number of carbonyl (C=O) groups excluding carboxylic acids is 1. The highest BCUT2D eigenvalue weighted by atomic mass is 16.2. The second-order valence-electron chi connectivity index (χ2n) is 3.28. The zero-order chi connectivity index (χ0) is 8.97. The summed E-state index contributed by atoms with van der Waals surface area (Å²) in [6.45, 7) is 3.46. The minimum absolute atomic E-state index is 0.0246. The van der Waals surface area contributed by atoms with E-state index in [4.69, 9.17) is 5.73 Å². The number of amides is 1. The maximum Gasteiger partial charge on any atom is 0.224 e. The van der Waals surface area contributed by atoms with Crippen molar-refractivity contribution in [1.29, 1.82) is 0 Å². The van der Waals surface area contributed by atoms with Gasteiger partial charge in [-0.05, 0) is 13.3 Å². The highest BCUT2D eigenvalue weighted by molar-refractivity contribution is 5.77. The van der Waals surface area contributed by atoms with Gasteiger partial charge in [-0.2, -0.15) is 0 Å². The van der Waals surface area contributed by atoms with Crippen LogP contribution in [0.5, 0.6) is 0 Å². The number of hydrogen-bond acceptors (Lipinski definition) is 2. The third-order valence-corrected chi connectivity index (χ3v) is 1.91. The molecule has 2 N–H and O–H groups in total. The van der Waals surface area contributed by atoms with Crippen molar-refractivity contribution in [2.75, 3.05) is 13.1 Å². The van der Waals surface area contributed by atoms with E-state index in [2.05, 4.69) is 6.08 Å². The van der Waals surface area contributed by atoms with Crippen molar-refractivity contribution in [3.8, 4) is 0 Å². The molecule has 0 fully saturated rings. The number of carbonyl (C=O) groups is 1. The van der Waals surface area contributed by atoms with Gasteiger partial charge >= 0.3 is 0 Å². The molecule has 0 saturated heterocycles. The van der Waals surface area contributed by atoms with Crippen molar-refractivity contribution < 1.29 is 4.79 Å². The lowest BCUT2D eigenvalue weighted by Crippen LogP contribution is -2.36. The Bertz CT molecular complexity index is 187. The van der Waals surface area contributed by atoms with E-state index >= 15 is 0 Å². The van der Waals surface area contributed by atoms with Crippen molar-refractivity contribution in [3.63, 3.8) is 0 Å². The largest absolute Gasteiger partial charge is 0.339 e. The first kappa shape index (κ1) is 9.26. The summed E-state index contributed by atoms with van der Waals surface area (Å²) in [6, 6.07) is -0.0246. The Morgan fingerprint density at radius 1 is 1.67 bits per heavy atom. The van der Waals surface area contributed by atoms with E-state index in [1.165, 1.54) is 0 Å². The van der Waals surface area contributed by atoms with Gasteiger partial charge in [0, 0.05) is 25.6 Å². The summed E-state index contributed by atoms with van der Waals surface area (Å²) in [7, 11) is 0. The third-order valence-electron chi connectivity index (χ3n) is 1.91. The second-order valence-corrected chi connectivity index (χ2v) is 3.28. The molecule has 1 heterocycles. The summed E-state index contributed by atoms with van der Waals surface area (Å²) in [6.07, 6.45) is 5.58. The van der Waals surface area contributed by atoms with Gasteiger partial charge < -0.3 is 10.6 Å². The van der Waals surface area contributed by atoms with Gasteiger partial charge in [0.2, 0.25) is 5.91 Å². The lowest BCUT2D eigenvalue weighted by Gasteiger charge is -2.24. The molecule has 1 aliphatic heterocycles. The summed E-state index contributed by atoms with van der Waals surface area (Å²) in [5.41, 5.74) is 5.53. The van der Waals surface area contributed by atoms with E-state index in [1.54, 1.807) is 0 Å². The molecule has 0 aliphatic carbocycles. The molecule has 0 bridgehead atoms. The van der Waals surface area contributed by atoms with Crippen LogP contribution in [0.3, 0.4) is 0 Å². The highest BCUT2D eigenvalue weighted by Gasteiger charge is 2.14. The van der Waals surface area contributed by atoms with Crippen molar-refractivity contribution >= 4 is 5.91 Å². The van der Waals surface area contributed by atoms with Crippen LogP contribution in [-0.4, -0.2) is 29.9 Å². The zero-order valence-corrected chi connectivity index (χ0v) is 7.49. The van der Waals surface area contributed by atoms with E-state index in [0.29, 0.717) is 6.42 Å². The van der Waals surface area contributed by atoms with Crippen LogP contribution in [-0.2, 0) is 4.79 Å². The fraction of sp³-hybridized carbons (Fsp3) is 0.667. The first-order valence-corrected chi connectivity index (χ1v) is 4.38. The van der Waals surface area contributed by atoms with Gasteiger partial charge in [0.05, 0.1) is 0 Å². The highest BCUT2D eigenvalue weighted by Crippen LogP contribution is 2.04. The molecule has 0 saturated carbocycles. The monoisotopic (exact) mass is 168 g/mol. The van der Waals surface area contributed by atoms with Crippen LogP contribution < -0.4 is 5.73 Å². The summed E-state index contributed by atoms with van der Waals surface area (Å²) >= 11 is 0. The van der Waals surface area contributed by atoms with Crippen molar-refractivity contribution in [1.82, 2.24) is 4.90 Å². The van der Waals surface area contributed by atoms with Crippen LogP contribution in [0.15, 0.2) is 12.2 Å². The van der Waals surface area contributed by atoms with Crippen LogP contribution >= 0.6 is 0 Å². The fourth-order valence-corrected chi connectivity index (χ4v) is 1.27. The molecule has 1 rings (SSSR count). The predicted molar refractivity (Wildman–Crippen MR) is 48.6 cm³/mol. The number of hydrogen-bond donors (Lipinski definition) is 1. The Morgan fingerprint density at radius 3 is 2.92 bits per heavy atom. The SMILES string of the molecule is CC(N)CC(=O)N1CC=CCC1. The molecule has 0 spiro atoms. The van der Waals surface area contributed by atoms with Gasteiger partial charge in [-0.25, -0.2) is 0 Å². The normalized spacial score (nSPS) is 19.3. The molecule has 1 amide bonds. The van der Waals surface area contributed by atoms with Crippen molar-refractivity contribution in [3.05, 3.63) is 12.2 Å². The average molecular weight is 168 g/mol. The quantitative estimate of drug-likeness (QED) is 0.611. The molecule has 3 heteroatoms. The van der Waals surface area contributed by atoms with E-state index in [0.717, 1.165) is 19.5 Å². The van der Waals surface area contributed by atoms with Gasteiger partial charge in [-0.3, -0.25) is 4.79 Å². The van der Waals surface area contributed by atoms with Crippen LogP contribution in [0.2, 0.25) is 0 Å². The van der Waals surface area contributed by atoms with Crippen molar-refractivity contribution in [2.24, 2.45) is 5.73 Å². The summed E-state index contributed by atoms with van der Waals surface area (Å²) in [5.74, 6) is 0.175. The molecule has 3 nitrogen and oxygen atoms in total. The summed E-state index contributed by atoms with van der Waals surface area (Å²) in [4.78, 5) is 13.3. The smallest absolute Gasteiger partial charge is 0.224 e. The van der Waals surface area contributed by atoms with Crippen LogP contribution in [0.4, 0.5) is 0 Å². The summed E-state index contributed by atoms with van der Waals surface area (Å²) in [5, 5.41) is 0. The zero-order valence-electron chi connectivity index (χ0n) is 7.49. The Hall–Kier alpha value is -0.830. The predicted octanol–water partition coefficient (Wildman–Crippen LogP) is 0.512. The van der Waals surface area contributed by atoms with Gasteiger partial charge in [-0.1, -0.05) is 12.2 Å². The molecule has 1 unspecified atom stereocenters. The first-order valence-electron chi connectivity index (χ1n) is 4.38. The maximum atomic E-state index is 11.4. The van der Waals surface area contributed by atoms with E-state index in [1.807, 2.05) is 17.9 Å². The number of nitrogens with zero attached hydrogens (tertiary/aromatic N) is 1. The molecule has 0 radical (unpaired) electrons. The molecule has 12 heavy (non-hydrogen) atoms. The van der Waals surface area contributed by atoms with Crippen LogP contribution in [0, 0.1) is 0 Å². The molecule has 1 atom stereocenters. The van der Waals surface area contributed by atoms with Crippen molar-refractivity contribution in [2.45, 2.75) is 25.8 Å². The summed E-state index contributed by atoms with van der Waals surface area (Å²) < 4.78 is 0. The fourth-order valence-electron chi connectivity index (χ4n) is 1.27. The van der Waals surface area contributed by atoms with Gasteiger partial charge in [0.25, 0.3) is 0 Å². The van der Waals surface area contributed by atoms with Crippen LogP contribution in [0.1, 0.15) is 19.8 Å². The molecule has 0 aromatic carbocycles. The molecule has 0 aromatic rings. The minimum atomic E-state index is -0.0246. The van der Waals surface area contributed by atoms with E-state index < -0.39 is 0 Å². The maximum absolute atomic E-state index is 11.4. The lowest BCUT2D eigenvalue weighted by molar-refractivity contribution is -0.131. The number of nitrogens with two attached hydrogens (primary N) is 1. The second kappa shape index (κ2) is 4.26. The standard InChI is InChI=1S/C9H16N2O/c1-8(10)7-9(12)11-5-3-2-4-6-11/h2-3,8H,4-7,10H2,1H3. The molecular weight excluding hydrogens is 152 g/mol. The molecular formula is C9H16N2O. The Morgan fingerprint density at radius 2 is 2.42 bits per heavy atom. The number of rotatable bonds is 2. The topological polar surface area (TPSA) is 46.3 Å². The van der Waals surface area contributed by atoms with Gasteiger partial charge in [0.1, 0.15) is 0 Å². The average Bonchev–Trinajstić information content (AvgIpc) is 2.05. The van der Waals surface area contributed by atoms with E-state index in [-0.39, 0.29) is 11.9 Å². The van der Waals surface area contributed by atoms with Gasteiger partial charge in [0.15, 0.2) is 0 Å². The first-order chi connectivity index (χ1) is 5.70. The third kappa shape index (κ3) is 2.66. The molecule has 0 aromatic heterocycles.